The fourth-order valence-electron chi connectivity index (χ4n) is 1.58. The number of hydrogen-bond donors (Lipinski definition) is 1. The predicted molar refractivity (Wildman–Crippen MR) is 64.2 cm³/mol. The molecule has 0 saturated carbocycles. The highest BCUT2D eigenvalue weighted by atomic mass is 16.4. The standard InChI is InChI=1S/C13H16N2O/c1-9-10(2)16-13(15-9)12-5-3-11(4-6-12)7-8-14/h3-6H,7-8,14H2,1-2H3. The Morgan fingerprint density at radius 1 is 1.19 bits per heavy atom. The Bertz CT molecular complexity index is 452. The first kappa shape index (κ1) is 10.9. The molecule has 2 rings (SSSR count). The first-order valence-corrected chi connectivity index (χ1v) is 5.44. The number of rotatable bonds is 3. The van der Waals surface area contributed by atoms with Crippen LogP contribution in [-0.4, -0.2) is 11.5 Å². The van der Waals surface area contributed by atoms with Crippen LogP contribution in [0.2, 0.25) is 0 Å². The molecule has 0 radical (unpaired) electrons. The van der Waals surface area contributed by atoms with Gasteiger partial charge >= 0.3 is 0 Å². The van der Waals surface area contributed by atoms with Gasteiger partial charge in [0, 0.05) is 5.56 Å². The SMILES string of the molecule is Cc1nc(-c2ccc(CCN)cc2)oc1C. The van der Waals surface area contributed by atoms with Crippen molar-refractivity contribution in [2.75, 3.05) is 6.54 Å². The molecule has 0 spiro atoms. The second kappa shape index (κ2) is 4.49. The van der Waals surface area contributed by atoms with Crippen LogP contribution >= 0.6 is 0 Å². The Kier molecular flexibility index (Phi) is 3.06. The van der Waals surface area contributed by atoms with E-state index in [0.717, 1.165) is 23.4 Å². The number of aromatic nitrogens is 1. The average Bonchev–Trinajstić information content (AvgIpc) is 2.61. The van der Waals surface area contributed by atoms with Gasteiger partial charge in [-0.05, 0) is 44.5 Å². The van der Waals surface area contributed by atoms with Gasteiger partial charge in [0.2, 0.25) is 5.89 Å². The summed E-state index contributed by atoms with van der Waals surface area (Å²) < 4.78 is 5.56. The zero-order valence-electron chi connectivity index (χ0n) is 9.66. The third-order valence-electron chi connectivity index (χ3n) is 2.66. The van der Waals surface area contributed by atoms with E-state index in [1.54, 1.807) is 0 Å². The van der Waals surface area contributed by atoms with Crippen molar-refractivity contribution >= 4 is 0 Å². The van der Waals surface area contributed by atoms with Crippen molar-refractivity contribution in [2.24, 2.45) is 5.73 Å². The van der Waals surface area contributed by atoms with Gasteiger partial charge in [0.1, 0.15) is 5.76 Å². The van der Waals surface area contributed by atoms with Gasteiger partial charge in [-0.25, -0.2) is 4.98 Å². The Hall–Kier alpha value is -1.61. The lowest BCUT2D eigenvalue weighted by atomic mass is 10.1. The second-order valence-corrected chi connectivity index (χ2v) is 3.90. The molecule has 2 N–H and O–H groups in total. The highest BCUT2D eigenvalue weighted by Gasteiger charge is 2.07. The van der Waals surface area contributed by atoms with Crippen molar-refractivity contribution in [3.05, 3.63) is 41.3 Å². The fraction of sp³-hybridized carbons (Fsp3) is 0.308. The van der Waals surface area contributed by atoms with Crippen molar-refractivity contribution in [3.63, 3.8) is 0 Å². The predicted octanol–water partition coefficient (Wildman–Crippen LogP) is 2.46. The largest absolute Gasteiger partial charge is 0.441 e. The summed E-state index contributed by atoms with van der Waals surface area (Å²) in [6.07, 6.45) is 0.907. The summed E-state index contributed by atoms with van der Waals surface area (Å²) in [5.41, 5.74) is 8.70. The van der Waals surface area contributed by atoms with Crippen LogP contribution in [0.25, 0.3) is 11.5 Å². The highest BCUT2D eigenvalue weighted by Crippen LogP contribution is 2.21. The van der Waals surface area contributed by atoms with Gasteiger partial charge in [-0.1, -0.05) is 12.1 Å². The number of oxazole rings is 1. The molecule has 16 heavy (non-hydrogen) atoms. The van der Waals surface area contributed by atoms with E-state index in [0.29, 0.717) is 12.4 Å². The van der Waals surface area contributed by atoms with Gasteiger partial charge in [0.05, 0.1) is 5.69 Å². The maximum absolute atomic E-state index is 5.56. The summed E-state index contributed by atoms with van der Waals surface area (Å²) in [5, 5.41) is 0. The number of aryl methyl sites for hydroxylation is 2. The normalized spacial score (nSPS) is 10.7. The molecule has 3 nitrogen and oxygen atoms in total. The van der Waals surface area contributed by atoms with Crippen LogP contribution in [0.3, 0.4) is 0 Å². The minimum atomic E-state index is 0.677. The van der Waals surface area contributed by atoms with E-state index < -0.39 is 0 Å². The Balaban J connectivity index is 2.27. The Morgan fingerprint density at radius 2 is 1.88 bits per heavy atom. The molecule has 0 saturated heterocycles. The summed E-state index contributed by atoms with van der Waals surface area (Å²) in [7, 11) is 0. The van der Waals surface area contributed by atoms with E-state index in [9.17, 15) is 0 Å². The van der Waals surface area contributed by atoms with Crippen molar-refractivity contribution in [2.45, 2.75) is 20.3 Å². The first-order chi connectivity index (χ1) is 7.70. The molecule has 2 aromatic rings. The van der Waals surface area contributed by atoms with Crippen molar-refractivity contribution in [3.8, 4) is 11.5 Å². The van der Waals surface area contributed by atoms with E-state index in [4.69, 9.17) is 10.2 Å². The van der Waals surface area contributed by atoms with E-state index >= 15 is 0 Å². The lowest BCUT2D eigenvalue weighted by Crippen LogP contribution is -2.02. The third-order valence-corrected chi connectivity index (χ3v) is 2.66. The third kappa shape index (κ3) is 2.14. The zero-order chi connectivity index (χ0) is 11.5. The number of hydrogen-bond acceptors (Lipinski definition) is 3. The molecule has 1 heterocycles. The van der Waals surface area contributed by atoms with Gasteiger partial charge in [-0.15, -0.1) is 0 Å². The van der Waals surface area contributed by atoms with Crippen LogP contribution in [-0.2, 0) is 6.42 Å². The van der Waals surface area contributed by atoms with Crippen LogP contribution < -0.4 is 5.73 Å². The topological polar surface area (TPSA) is 52.0 Å². The minimum absolute atomic E-state index is 0.677. The van der Waals surface area contributed by atoms with E-state index in [1.807, 2.05) is 26.0 Å². The summed E-state index contributed by atoms with van der Waals surface area (Å²) >= 11 is 0. The molecular weight excluding hydrogens is 200 g/mol. The smallest absolute Gasteiger partial charge is 0.226 e. The molecule has 3 heteroatoms. The van der Waals surface area contributed by atoms with Crippen molar-refractivity contribution in [1.82, 2.24) is 4.98 Å². The molecule has 0 aliphatic heterocycles. The fourth-order valence-corrected chi connectivity index (χ4v) is 1.58. The molecule has 0 amide bonds. The van der Waals surface area contributed by atoms with Crippen molar-refractivity contribution < 1.29 is 4.42 Å². The van der Waals surface area contributed by atoms with Gasteiger partial charge in [-0.2, -0.15) is 0 Å². The molecule has 0 fully saturated rings. The molecule has 1 aromatic carbocycles. The van der Waals surface area contributed by atoms with Gasteiger partial charge in [-0.3, -0.25) is 0 Å². The lowest BCUT2D eigenvalue weighted by Gasteiger charge is -1.99. The monoisotopic (exact) mass is 216 g/mol. The maximum atomic E-state index is 5.56. The summed E-state index contributed by atoms with van der Waals surface area (Å²) in [4.78, 5) is 4.36. The quantitative estimate of drug-likeness (QED) is 0.857. The molecule has 84 valence electrons. The molecule has 0 unspecified atom stereocenters. The summed E-state index contributed by atoms with van der Waals surface area (Å²) in [6.45, 7) is 4.55. The molecule has 0 atom stereocenters. The minimum Gasteiger partial charge on any atom is -0.441 e. The molecule has 0 aliphatic carbocycles. The van der Waals surface area contributed by atoms with Gasteiger partial charge < -0.3 is 10.2 Å². The molecule has 0 bridgehead atoms. The first-order valence-electron chi connectivity index (χ1n) is 5.44. The zero-order valence-corrected chi connectivity index (χ0v) is 9.66. The number of nitrogens with zero attached hydrogens (tertiary/aromatic N) is 1. The number of benzene rings is 1. The highest BCUT2D eigenvalue weighted by molar-refractivity contribution is 5.54. The van der Waals surface area contributed by atoms with Crippen LogP contribution in [0.1, 0.15) is 17.0 Å². The van der Waals surface area contributed by atoms with Crippen molar-refractivity contribution in [1.29, 1.82) is 0 Å². The molecule has 1 aromatic heterocycles. The van der Waals surface area contributed by atoms with E-state index in [1.165, 1.54) is 5.56 Å². The summed E-state index contributed by atoms with van der Waals surface area (Å²) in [6, 6.07) is 8.18. The Morgan fingerprint density at radius 3 is 2.38 bits per heavy atom. The van der Waals surface area contributed by atoms with E-state index in [2.05, 4.69) is 17.1 Å². The van der Waals surface area contributed by atoms with Gasteiger partial charge in [0.25, 0.3) is 0 Å². The maximum Gasteiger partial charge on any atom is 0.226 e. The second-order valence-electron chi connectivity index (χ2n) is 3.90. The van der Waals surface area contributed by atoms with Crippen LogP contribution in [0.5, 0.6) is 0 Å². The summed E-state index contributed by atoms with van der Waals surface area (Å²) in [5.74, 6) is 1.57. The lowest BCUT2D eigenvalue weighted by molar-refractivity contribution is 0.541. The molecule has 0 aliphatic rings. The molecular formula is C13H16N2O. The Labute approximate surface area is 95.3 Å². The van der Waals surface area contributed by atoms with Crippen LogP contribution in [0.15, 0.2) is 28.7 Å². The number of nitrogens with two attached hydrogens (primary N) is 1. The van der Waals surface area contributed by atoms with Crippen LogP contribution in [0, 0.1) is 13.8 Å². The van der Waals surface area contributed by atoms with Gasteiger partial charge in [0.15, 0.2) is 0 Å². The van der Waals surface area contributed by atoms with Crippen LogP contribution in [0.4, 0.5) is 0 Å². The van der Waals surface area contributed by atoms with E-state index in [-0.39, 0.29) is 0 Å². The average molecular weight is 216 g/mol.